The van der Waals surface area contributed by atoms with Gasteiger partial charge in [0.2, 0.25) is 0 Å². The van der Waals surface area contributed by atoms with E-state index < -0.39 is 5.97 Å². The van der Waals surface area contributed by atoms with Crippen molar-refractivity contribution in [3.63, 3.8) is 0 Å². The number of hydrogen-bond acceptors (Lipinski definition) is 4. The molecule has 0 fully saturated rings. The number of nitrogens with zero attached hydrogens (tertiary/aromatic N) is 1. The lowest BCUT2D eigenvalue weighted by atomic mass is 10.0. The fourth-order valence-electron chi connectivity index (χ4n) is 2.97. The van der Waals surface area contributed by atoms with Crippen molar-refractivity contribution in [2.75, 3.05) is 6.54 Å². The maximum absolute atomic E-state index is 10.5. The first-order chi connectivity index (χ1) is 14.6. The number of nitrogens with one attached hydrogen (secondary N) is 1. The van der Waals surface area contributed by atoms with Crippen molar-refractivity contribution in [3.05, 3.63) is 95.6 Å². The smallest absolute Gasteiger partial charge is 0.304 e. The van der Waals surface area contributed by atoms with Gasteiger partial charge in [0.1, 0.15) is 6.61 Å². The molecule has 30 heavy (non-hydrogen) atoms. The molecule has 0 saturated carbocycles. The van der Waals surface area contributed by atoms with E-state index in [4.69, 9.17) is 9.94 Å². The third-order valence-electron chi connectivity index (χ3n) is 4.71. The van der Waals surface area contributed by atoms with E-state index in [0.717, 1.165) is 22.4 Å². The van der Waals surface area contributed by atoms with Gasteiger partial charge in [-0.2, -0.15) is 0 Å². The standard InChI is InChI=1S/C25H26N2O3/c1-19(22-11-7-20(8-12-22)17-26-16-15-25(28)29)27-30-18-21-9-13-24(14-10-21)23-5-3-2-4-6-23/h2-14,26H,15-18H2,1H3,(H,28,29)/b27-19-. The van der Waals surface area contributed by atoms with Gasteiger partial charge >= 0.3 is 5.97 Å². The molecule has 0 radical (unpaired) electrons. The molecular formula is C25H26N2O3. The summed E-state index contributed by atoms with van der Waals surface area (Å²) in [6.45, 7) is 3.42. The number of hydrogen-bond donors (Lipinski definition) is 2. The number of carboxylic acids is 1. The molecule has 3 aromatic rings. The molecule has 3 aromatic carbocycles. The average molecular weight is 402 g/mol. The van der Waals surface area contributed by atoms with Crippen molar-refractivity contribution in [1.29, 1.82) is 0 Å². The van der Waals surface area contributed by atoms with Crippen LogP contribution in [0.1, 0.15) is 30.0 Å². The normalized spacial score (nSPS) is 11.3. The van der Waals surface area contributed by atoms with Crippen molar-refractivity contribution in [1.82, 2.24) is 5.32 Å². The van der Waals surface area contributed by atoms with Crippen LogP contribution in [0.15, 0.2) is 84.0 Å². The molecule has 0 aromatic heterocycles. The quantitative estimate of drug-likeness (QED) is 0.289. The van der Waals surface area contributed by atoms with Crippen LogP contribution in [0.4, 0.5) is 0 Å². The van der Waals surface area contributed by atoms with E-state index in [1.54, 1.807) is 0 Å². The number of benzene rings is 3. The number of oxime groups is 1. The van der Waals surface area contributed by atoms with Gasteiger partial charge < -0.3 is 15.3 Å². The van der Waals surface area contributed by atoms with Gasteiger partial charge in [0.15, 0.2) is 0 Å². The second-order valence-corrected chi connectivity index (χ2v) is 7.03. The van der Waals surface area contributed by atoms with Crippen LogP contribution in [-0.4, -0.2) is 23.3 Å². The molecule has 0 heterocycles. The monoisotopic (exact) mass is 402 g/mol. The first-order valence-electron chi connectivity index (χ1n) is 9.94. The number of rotatable bonds is 10. The molecular weight excluding hydrogens is 376 g/mol. The number of carbonyl (C=O) groups is 1. The van der Waals surface area contributed by atoms with Gasteiger partial charge in [0.25, 0.3) is 0 Å². The molecule has 0 atom stereocenters. The number of carboxylic acid groups (broad SMARTS) is 1. The van der Waals surface area contributed by atoms with Crippen LogP contribution in [0.3, 0.4) is 0 Å². The molecule has 5 heteroatoms. The molecule has 0 spiro atoms. The Morgan fingerprint density at radius 2 is 1.53 bits per heavy atom. The molecule has 0 aliphatic rings. The highest BCUT2D eigenvalue weighted by atomic mass is 16.6. The second kappa shape index (κ2) is 10.9. The summed E-state index contributed by atoms with van der Waals surface area (Å²) in [4.78, 5) is 16.0. The van der Waals surface area contributed by atoms with Gasteiger partial charge in [-0.05, 0) is 34.7 Å². The van der Waals surface area contributed by atoms with E-state index in [1.165, 1.54) is 11.1 Å². The SMILES string of the molecule is C/C(=N/OCc1ccc(-c2ccccc2)cc1)c1ccc(CNCCC(=O)O)cc1. The minimum Gasteiger partial charge on any atom is -0.481 e. The Bertz CT molecular complexity index is 966. The molecule has 0 aliphatic carbocycles. The Morgan fingerprint density at radius 3 is 2.20 bits per heavy atom. The molecule has 0 saturated heterocycles. The van der Waals surface area contributed by atoms with E-state index in [1.807, 2.05) is 49.4 Å². The zero-order chi connectivity index (χ0) is 21.2. The van der Waals surface area contributed by atoms with Crippen LogP contribution >= 0.6 is 0 Å². The molecule has 0 amide bonds. The van der Waals surface area contributed by atoms with E-state index in [0.29, 0.717) is 19.7 Å². The van der Waals surface area contributed by atoms with Crippen molar-refractivity contribution in [2.45, 2.75) is 26.5 Å². The summed E-state index contributed by atoms with van der Waals surface area (Å²) in [7, 11) is 0. The Balaban J connectivity index is 1.48. The van der Waals surface area contributed by atoms with Crippen molar-refractivity contribution < 1.29 is 14.7 Å². The van der Waals surface area contributed by atoms with Gasteiger partial charge in [-0.1, -0.05) is 84.0 Å². The Kier molecular flexibility index (Phi) is 7.75. The maximum Gasteiger partial charge on any atom is 0.304 e. The summed E-state index contributed by atoms with van der Waals surface area (Å²) in [5, 5.41) is 16.0. The summed E-state index contributed by atoms with van der Waals surface area (Å²) < 4.78 is 0. The highest BCUT2D eigenvalue weighted by Gasteiger charge is 2.02. The highest BCUT2D eigenvalue weighted by Crippen LogP contribution is 2.19. The molecule has 2 N–H and O–H groups in total. The summed E-state index contributed by atoms with van der Waals surface area (Å²) in [6.07, 6.45) is 0.121. The van der Waals surface area contributed by atoms with Gasteiger partial charge in [-0.25, -0.2) is 0 Å². The summed E-state index contributed by atoms with van der Waals surface area (Å²) in [5.74, 6) is -0.795. The molecule has 0 bridgehead atoms. The fourth-order valence-corrected chi connectivity index (χ4v) is 2.97. The second-order valence-electron chi connectivity index (χ2n) is 7.03. The van der Waals surface area contributed by atoms with Crippen LogP contribution < -0.4 is 5.32 Å². The molecule has 5 nitrogen and oxygen atoms in total. The zero-order valence-electron chi connectivity index (χ0n) is 17.0. The minimum atomic E-state index is -0.795. The first kappa shape index (κ1) is 21.3. The molecule has 3 rings (SSSR count). The van der Waals surface area contributed by atoms with Gasteiger partial charge in [0.05, 0.1) is 12.1 Å². The average Bonchev–Trinajstić information content (AvgIpc) is 2.78. The minimum absolute atomic E-state index is 0.121. The lowest BCUT2D eigenvalue weighted by molar-refractivity contribution is -0.136. The lowest BCUT2D eigenvalue weighted by Crippen LogP contribution is -2.17. The van der Waals surface area contributed by atoms with Crippen molar-refractivity contribution >= 4 is 11.7 Å². The van der Waals surface area contributed by atoms with Crippen LogP contribution in [-0.2, 0) is 22.8 Å². The van der Waals surface area contributed by atoms with E-state index in [-0.39, 0.29) is 6.42 Å². The first-order valence-corrected chi connectivity index (χ1v) is 9.94. The van der Waals surface area contributed by atoms with E-state index >= 15 is 0 Å². The Hall–Kier alpha value is -3.44. The highest BCUT2D eigenvalue weighted by molar-refractivity contribution is 5.98. The summed E-state index contributed by atoms with van der Waals surface area (Å²) >= 11 is 0. The van der Waals surface area contributed by atoms with Crippen LogP contribution in [0, 0.1) is 0 Å². The molecule has 0 aliphatic heterocycles. The maximum atomic E-state index is 10.5. The number of aliphatic carboxylic acids is 1. The fraction of sp³-hybridized carbons (Fsp3) is 0.200. The Labute approximate surface area is 177 Å². The lowest BCUT2D eigenvalue weighted by Gasteiger charge is -2.06. The van der Waals surface area contributed by atoms with Crippen molar-refractivity contribution in [2.24, 2.45) is 5.16 Å². The van der Waals surface area contributed by atoms with Gasteiger partial charge in [-0.3, -0.25) is 4.79 Å². The largest absolute Gasteiger partial charge is 0.481 e. The zero-order valence-corrected chi connectivity index (χ0v) is 17.0. The van der Waals surface area contributed by atoms with Crippen LogP contribution in [0.2, 0.25) is 0 Å². The van der Waals surface area contributed by atoms with E-state index in [9.17, 15) is 4.79 Å². The van der Waals surface area contributed by atoms with Crippen LogP contribution in [0.5, 0.6) is 0 Å². The topological polar surface area (TPSA) is 70.9 Å². The summed E-state index contributed by atoms with van der Waals surface area (Å²) in [6, 6.07) is 26.6. The third kappa shape index (κ3) is 6.57. The molecule has 154 valence electrons. The molecule has 0 unspecified atom stereocenters. The van der Waals surface area contributed by atoms with Gasteiger partial charge in [-0.15, -0.1) is 0 Å². The van der Waals surface area contributed by atoms with E-state index in [2.05, 4.69) is 46.9 Å². The predicted molar refractivity (Wildman–Crippen MR) is 119 cm³/mol. The van der Waals surface area contributed by atoms with Gasteiger partial charge in [0, 0.05) is 13.1 Å². The summed E-state index contributed by atoms with van der Waals surface area (Å²) in [5.41, 5.74) is 6.33. The third-order valence-corrected chi connectivity index (χ3v) is 4.71. The van der Waals surface area contributed by atoms with Crippen molar-refractivity contribution in [3.8, 4) is 11.1 Å². The van der Waals surface area contributed by atoms with Crippen LogP contribution in [0.25, 0.3) is 11.1 Å². The Morgan fingerprint density at radius 1 is 0.900 bits per heavy atom. The predicted octanol–water partition coefficient (Wildman–Crippen LogP) is 4.86.